The first-order chi connectivity index (χ1) is 12.6. The molecular weight excluding hydrogens is 338 g/mol. The Balaban J connectivity index is 1.80. The topological polar surface area (TPSA) is 43.4 Å². The molecule has 1 atom stereocenters. The largest absolute Gasteiger partial charge is 0.481 e. The fourth-order valence-electron chi connectivity index (χ4n) is 2.71. The van der Waals surface area contributed by atoms with Crippen LogP contribution in [0.15, 0.2) is 55.0 Å². The van der Waals surface area contributed by atoms with Crippen LogP contribution in [0.25, 0.3) is 0 Å². The highest BCUT2D eigenvalue weighted by atomic mass is 19.3. The van der Waals surface area contributed by atoms with Gasteiger partial charge in [0.2, 0.25) is 5.88 Å². The monoisotopic (exact) mass is 364 g/mol. The van der Waals surface area contributed by atoms with Gasteiger partial charge in [0, 0.05) is 18.3 Å². The average molecular weight is 364 g/mol. The molecule has 0 saturated heterocycles. The van der Waals surface area contributed by atoms with Crippen LogP contribution in [0.3, 0.4) is 0 Å². The smallest absolute Gasteiger partial charge is 0.387 e. The van der Waals surface area contributed by atoms with Crippen molar-refractivity contribution in [1.29, 1.82) is 0 Å². The first-order valence-electron chi connectivity index (χ1n) is 8.78. The highest BCUT2D eigenvalue weighted by Crippen LogP contribution is 2.34. The number of pyridine rings is 1. The molecule has 2 rings (SSSR count). The van der Waals surface area contributed by atoms with Gasteiger partial charge in [0.05, 0.1) is 7.11 Å². The van der Waals surface area contributed by atoms with E-state index in [0.29, 0.717) is 17.8 Å². The molecule has 4 nitrogen and oxygen atoms in total. The van der Waals surface area contributed by atoms with Gasteiger partial charge in [-0.15, -0.1) is 0 Å². The quantitative estimate of drug-likeness (QED) is 0.445. The number of alkyl halides is 2. The molecule has 1 fully saturated rings. The summed E-state index contributed by atoms with van der Waals surface area (Å²) in [5, 5.41) is 3.57. The molecule has 26 heavy (non-hydrogen) atoms. The lowest BCUT2D eigenvalue weighted by Crippen LogP contribution is -2.32. The van der Waals surface area contributed by atoms with Crippen LogP contribution in [0, 0.1) is 5.92 Å². The summed E-state index contributed by atoms with van der Waals surface area (Å²) in [5.41, 5.74) is 1.14. The first kappa shape index (κ1) is 20.1. The number of ether oxygens (including phenoxy) is 2. The summed E-state index contributed by atoms with van der Waals surface area (Å²) in [4.78, 5) is 4.20. The van der Waals surface area contributed by atoms with Crippen LogP contribution in [0.5, 0.6) is 5.88 Å². The highest BCUT2D eigenvalue weighted by Gasteiger charge is 2.29. The van der Waals surface area contributed by atoms with E-state index in [4.69, 9.17) is 4.74 Å². The Morgan fingerprint density at radius 1 is 1.42 bits per heavy atom. The second kappa shape index (κ2) is 10.7. The maximum atomic E-state index is 12.4. The fourth-order valence-corrected chi connectivity index (χ4v) is 2.71. The molecule has 0 bridgehead atoms. The van der Waals surface area contributed by atoms with Crippen molar-refractivity contribution in [3.05, 3.63) is 60.5 Å². The zero-order valence-electron chi connectivity index (χ0n) is 15.0. The van der Waals surface area contributed by atoms with Crippen LogP contribution < -0.4 is 10.1 Å². The summed E-state index contributed by atoms with van der Waals surface area (Å²) in [6, 6.07) is 4.20. The number of nitrogens with one attached hydrogen (secondary N) is 1. The molecule has 0 amide bonds. The number of halogens is 2. The molecule has 142 valence electrons. The predicted octanol–water partition coefficient (Wildman–Crippen LogP) is 4.26. The SMILES string of the molecule is C=C/C=C(\C=C/CC(NCCc1ccc(OC)nc1)C1CC1)OC(F)F. The van der Waals surface area contributed by atoms with Gasteiger partial charge in [0.1, 0.15) is 5.76 Å². The minimum Gasteiger partial charge on any atom is -0.481 e. The number of methoxy groups -OCH3 is 1. The molecule has 1 aromatic heterocycles. The molecule has 0 radical (unpaired) electrons. The Morgan fingerprint density at radius 2 is 2.23 bits per heavy atom. The fraction of sp³-hybridized carbons (Fsp3) is 0.450. The van der Waals surface area contributed by atoms with Gasteiger partial charge in [0.15, 0.2) is 0 Å². The van der Waals surface area contributed by atoms with E-state index in [1.165, 1.54) is 25.0 Å². The summed E-state index contributed by atoms with van der Waals surface area (Å²) < 4.78 is 34.2. The number of allylic oxidation sites excluding steroid dienone is 3. The highest BCUT2D eigenvalue weighted by molar-refractivity contribution is 5.19. The Hall–Kier alpha value is -2.21. The summed E-state index contributed by atoms with van der Waals surface area (Å²) >= 11 is 0. The molecular formula is C20H26F2N2O2. The predicted molar refractivity (Wildman–Crippen MR) is 98.1 cm³/mol. The van der Waals surface area contributed by atoms with Crippen molar-refractivity contribution in [2.75, 3.05) is 13.7 Å². The van der Waals surface area contributed by atoms with Crippen LogP contribution in [-0.4, -0.2) is 31.3 Å². The Bertz CT molecular complexity index is 611. The number of nitrogens with zero attached hydrogens (tertiary/aromatic N) is 1. The molecule has 0 aromatic carbocycles. The van der Waals surface area contributed by atoms with Gasteiger partial charge < -0.3 is 14.8 Å². The second-order valence-electron chi connectivity index (χ2n) is 6.18. The molecule has 1 saturated carbocycles. The van der Waals surface area contributed by atoms with Gasteiger partial charge in [-0.05, 0) is 55.9 Å². The van der Waals surface area contributed by atoms with Crippen molar-refractivity contribution in [2.24, 2.45) is 5.92 Å². The van der Waals surface area contributed by atoms with Crippen LogP contribution in [0.2, 0.25) is 0 Å². The van der Waals surface area contributed by atoms with Gasteiger partial charge in [-0.25, -0.2) is 4.98 Å². The molecule has 0 spiro atoms. The molecule has 1 aliphatic carbocycles. The third-order valence-electron chi connectivity index (χ3n) is 4.20. The van der Waals surface area contributed by atoms with Crippen molar-refractivity contribution in [3.8, 4) is 5.88 Å². The van der Waals surface area contributed by atoms with E-state index in [2.05, 4.69) is 21.6 Å². The van der Waals surface area contributed by atoms with E-state index in [1.54, 1.807) is 13.2 Å². The van der Waals surface area contributed by atoms with Gasteiger partial charge in [-0.2, -0.15) is 8.78 Å². The Labute approximate surface area is 153 Å². The standard InChI is InChI=1S/C20H26F2N2O2/c1-3-5-17(26-20(21)22)6-4-7-18(16-9-10-16)23-13-12-15-8-11-19(25-2)24-14-15/h3-6,8,11,14,16,18,20,23H,1,7,9-10,12-13H2,2H3/b6-4-,17-5+. The van der Waals surface area contributed by atoms with Crippen LogP contribution >= 0.6 is 0 Å². The Morgan fingerprint density at radius 3 is 2.81 bits per heavy atom. The van der Waals surface area contributed by atoms with E-state index in [-0.39, 0.29) is 5.76 Å². The summed E-state index contributed by atoms with van der Waals surface area (Å²) in [6.07, 6.45) is 12.2. The zero-order valence-corrected chi connectivity index (χ0v) is 15.0. The Kier molecular flexibility index (Phi) is 8.28. The van der Waals surface area contributed by atoms with E-state index < -0.39 is 6.61 Å². The summed E-state index contributed by atoms with van der Waals surface area (Å²) in [5.74, 6) is 1.38. The second-order valence-corrected chi connectivity index (χ2v) is 6.18. The van der Waals surface area contributed by atoms with Crippen LogP contribution in [-0.2, 0) is 11.2 Å². The van der Waals surface area contributed by atoms with E-state index in [1.807, 2.05) is 24.4 Å². The lowest BCUT2D eigenvalue weighted by Gasteiger charge is -2.16. The molecule has 6 heteroatoms. The van der Waals surface area contributed by atoms with Crippen molar-refractivity contribution in [3.63, 3.8) is 0 Å². The molecule has 1 aliphatic rings. The van der Waals surface area contributed by atoms with Crippen molar-refractivity contribution >= 4 is 0 Å². The normalized spacial score (nSPS) is 16.1. The molecule has 1 unspecified atom stereocenters. The van der Waals surface area contributed by atoms with E-state index >= 15 is 0 Å². The third-order valence-corrected chi connectivity index (χ3v) is 4.20. The van der Waals surface area contributed by atoms with Gasteiger partial charge in [-0.3, -0.25) is 0 Å². The molecule has 1 aromatic rings. The van der Waals surface area contributed by atoms with Gasteiger partial charge >= 0.3 is 6.61 Å². The van der Waals surface area contributed by atoms with Crippen molar-refractivity contribution < 1.29 is 18.3 Å². The van der Waals surface area contributed by atoms with Gasteiger partial charge in [0.25, 0.3) is 0 Å². The maximum Gasteiger partial charge on any atom is 0.387 e. The number of rotatable bonds is 12. The number of aromatic nitrogens is 1. The molecule has 0 aliphatic heterocycles. The van der Waals surface area contributed by atoms with Crippen LogP contribution in [0.1, 0.15) is 24.8 Å². The first-order valence-corrected chi connectivity index (χ1v) is 8.78. The van der Waals surface area contributed by atoms with E-state index in [0.717, 1.165) is 24.9 Å². The van der Waals surface area contributed by atoms with Crippen molar-refractivity contribution in [2.45, 2.75) is 38.3 Å². The van der Waals surface area contributed by atoms with Crippen LogP contribution in [0.4, 0.5) is 8.78 Å². The van der Waals surface area contributed by atoms with E-state index in [9.17, 15) is 8.78 Å². The van der Waals surface area contributed by atoms with Gasteiger partial charge in [-0.1, -0.05) is 24.8 Å². The zero-order chi connectivity index (χ0) is 18.8. The number of hydrogen-bond acceptors (Lipinski definition) is 4. The van der Waals surface area contributed by atoms with Crippen molar-refractivity contribution in [1.82, 2.24) is 10.3 Å². The molecule has 1 heterocycles. The third kappa shape index (κ3) is 7.35. The summed E-state index contributed by atoms with van der Waals surface area (Å²) in [6.45, 7) is 1.52. The number of hydrogen-bond donors (Lipinski definition) is 1. The average Bonchev–Trinajstić information content (AvgIpc) is 3.45. The molecule has 1 N–H and O–H groups in total. The minimum atomic E-state index is -2.83. The maximum absolute atomic E-state index is 12.4. The lowest BCUT2D eigenvalue weighted by atomic mass is 10.1. The lowest BCUT2D eigenvalue weighted by molar-refractivity contribution is -0.0920. The summed E-state index contributed by atoms with van der Waals surface area (Å²) in [7, 11) is 1.60. The minimum absolute atomic E-state index is 0.119.